The van der Waals surface area contributed by atoms with Gasteiger partial charge in [-0.1, -0.05) is 11.8 Å². The molecule has 1 saturated carbocycles. The molecule has 6 nitrogen and oxygen atoms in total. The van der Waals surface area contributed by atoms with Gasteiger partial charge in [-0.25, -0.2) is 4.98 Å². The standard InChI is InChI=1S/C14H24N4O2S/c1-4-20-12(19)14(17-10(2)3)7-5-6-11(8-14)21-13-15-9-16-18-13/h9-11,17H,4-8H2,1-3H3,(H,15,16,18). The smallest absolute Gasteiger partial charge is 0.326 e. The summed E-state index contributed by atoms with van der Waals surface area (Å²) >= 11 is 1.66. The summed E-state index contributed by atoms with van der Waals surface area (Å²) in [6.45, 7) is 6.40. The van der Waals surface area contributed by atoms with Crippen LogP contribution >= 0.6 is 11.8 Å². The molecule has 118 valence electrons. The SMILES string of the molecule is CCOC(=O)C1(NC(C)C)CCCC(Sc2ncn[nH]2)C1. The summed E-state index contributed by atoms with van der Waals surface area (Å²) in [5, 5.41) is 11.3. The minimum atomic E-state index is -0.569. The van der Waals surface area contributed by atoms with Crippen molar-refractivity contribution in [3.05, 3.63) is 6.33 Å². The van der Waals surface area contributed by atoms with Crippen molar-refractivity contribution in [3.8, 4) is 0 Å². The van der Waals surface area contributed by atoms with Gasteiger partial charge in [0.2, 0.25) is 0 Å². The number of esters is 1. The fourth-order valence-corrected chi connectivity index (χ4v) is 4.11. The number of nitrogens with one attached hydrogen (secondary N) is 2. The van der Waals surface area contributed by atoms with Crippen LogP contribution in [0.25, 0.3) is 0 Å². The second-order valence-corrected chi connectivity index (χ2v) is 7.02. The molecule has 2 atom stereocenters. The van der Waals surface area contributed by atoms with Gasteiger partial charge in [0, 0.05) is 11.3 Å². The first-order chi connectivity index (χ1) is 10.1. The summed E-state index contributed by atoms with van der Waals surface area (Å²) in [6, 6.07) is 0.239. The molecule has 2 N–H and O–H groups in total. The van der Waals surface area contributed by atoms with E-state index in [1.165, 1.54) is 6.33 Å². The number of thioether (sulfide) groups is 1. The van der Waals surface area contributed by atoms with Crippen molar-refractivity contribution in [2.45, 2.75) is 68.4 Å². The van der Waals surface area contributed by atoms with E-state index >= 15 is 0 Å². The number of carbonyl (C=O) groups is 1. The molecule has 1 aromatic rings. The van der Waals surface area contributed by atoms with Crippen molar-refractivity contribution in [3.63, 3.8) is 0 Å². The second kappa shape index (κ2) is 7.26. The fraction of sp³-hybridized carbons (Fsp3) is 0.786. The normalized spacial score (nSPS) is 26.0. The van der Waals surface area contributed by atoms with E-state index in [2.05, 4.69) is 34.3 Å². The zero-order chi connectivity index (χ0) is 15.3. The zero-order valence-electron chi connectivity index (χ0n) is 12.9. The minimum Gasteiger partial charge on any atom is -0.465 e. The molecule has 2 rings (SSSR count). The van der Waals surface area contributed by atoms with Crippen molar-refractivity contribution < 1.29 is 9.53 Å². The first-order valence-electron chi connectivity index (χ1n) is 7.52. The van der Waals surface area contributed by atoms with Gasteiger partial charge < -0.3 is 4.74 Å². The average Bonchev–Trinajstić information content (AvgIpc) is 2.91. The Morgan fingerprint density at radius 2 is 2.48 bits per heavy atom. The van der Waals surface area contributed by atoms with Crippen LogP contribution in [0.3, 0.4) is 0 Å². The quantitative estimate of drug-likeness (QED) is 0.783. The Kier molecular flexibility index (Phi) is 5.64. The summed E-state index contributed by atoms with van der Waals surface area (Å²) in [5.74, 6) is -0.124. The first kappa shape index (κ1) is 16.3. The monoisotopic (exact) mass is 312 g/mol. The Hall–Kier alpha value is -1.08. The third kappa shape index (κ3) is 4.20. The average molecular weight is 312 g/mol. The molecular formula is C14H24N4O2S. The highest BCUT2D eigenvalue weighted by Gasteiger charge is 2.44. The number of nitrogens with zero attached hydrogens (tertiary/aromatic N) is 2. The largest absolute Gasteiger partial charge is 0.465 e. The predicted octanol–water partition coefficient (Wildman–Crippen LogP) is 2.14. The van der Waals surface area contributed by atoms with E-state index in [4.69, 9.17) is 4.74 Å². The molecule has 0 aromatic carbocycles. The van der Waals surface area contributed by atoms with Crippen LogP contribution in [-0.2, 0) is 9.53 Å². The van der Waals surface area contributed by atoms with Crippen molar-refractivity contribution in [1.82, 2.24) is 20.5 Å². The highest BCUT2D eigenvalue weighted by atomic mass is 32.2. The van der Waals surface area contributed by atoms with Gasteiger partial charge in [-0.2, -0.15) is 5.10 Å². The van der Waals surface area contributed by atoms with E-state index in [1.54, 1.807) is 11.8 Å². The van der Waals surface area contributed by atoms with E-state index in [9.17, 15) is 4.79 Å². The third-order valence-corrected chi connectivity index (χ3v) is 4.76. The first-order valence-corrected chi connectivity index (χ1v) is 8.40. The zero-order valence-corrected chi connectivity index (χ0v) is 13.7. The number of hydrogen-bond acceptors (Lipinski definition) is 6. The summed E-state index contributed by atoms with van der Waals surface area (Å²) in [4.78, 5) is 16.6. The topological polar surface area (TPSA) is 79.9 Å². The van der Waals surface area contributed by atoms with Gasteiger partial charge in [-0.3, -0.25) is 15.2 Å². The van der Waals surface area contributed by atoms with Gasteiger partial charge in [0.05, 0.1) is 6.61 Å². The minimum absolute atomic E-state index is 0.124. The van der Waals surface area contributed by atoms with Crippen LogP contribution in [0, 0.1) is 0 Å². The Labute approximate surface area is 129 Å². The lowest BCUT2D eigenvalue weighted by atomic mass is 9.80. The van der Waals surface area contributed by atoms with Crippen LogP contribution in [0.15, 0.2) is 11.5 Å². The Bertz CT molecular complexity index is 452. The maximum Gasteiger partial charge on any atom is 0.326 e. The number of hydrogen-bond donors (Lipinski definition) is 2. The predicted molar refractivity (Wildman–Crippen MR) is 82.1 cm³/mol. The summed E-state index contributed by atoms with van der Waals surface area (Å²) in [7, 11) is 0. The van der Waals surface area contributed by atoms with Crippen LogP contribution in [0.4, 0.5) is 0 Å². The van der Waals surface area contributed by atoms with Crippen molar-refractivity contribution in [2.24, 2.45) is 0 Å². The second-order valence-electron chi connectivity index (χ2n) is 5.73. The molecule has 1 aliphatic carbocycles. The van der Waals surface area contributed by atoms with Gasteiger partial charge in [0.15, 0.2) is 5.16 Å². The van der Waals surface area contributed by atoms with Gasteiger partial charge in [0.1, 0.15) is 11.9 Å². The molecule has 21 heavy (non-hydrogen) atoms. The molecule has 0 radical (unpaired) electrons. The number of aromatic amines is 1. The maximum absolute atomic E-state index is 12.5. The third-order valence-electron chi connectivity index (χ3n) is 3.61. The van der Waals surface area contributed by atoms with Crippen molar-refractivity contribution >= 4 is 17.7 Å². The Balaban J connectivity index is 2.09. The lowest BCUT2D eigenvalue weighted by molar-refractivity contribution is -0.153. The number of rotatable bonds is 6. The molecule has 1 heterocycles. The molecule has 0 spiro atoms. The van der Waals surface area contributed by atoms with Gasteiger partial charge >= 0.3 is 5.97 Å². The lowest BCUT2D eigenvalue weighted by Crippen LogP contribution is -2.58. The molecule has 7 heteroatoms. The molecule has 2 unspecified atom stereocenters. The van der Waals surface area contributed by atoms with E-state index < -0.39 is 5.54 Å². The molecule has 1 fully saturated rings. The Morgan fingerprint density at radius 3 is 3.10 bits per heavy atom. The van der Waals surface area contributed by atoms with Crippen LogP contribution in [-0.4, -0.2) is 44.6 Å². The molecule has 0 aliphatic heterocycles. The number of aromatic nitrogens is 3. The fourth-order valence-electron chi connectivity index (χ4n) is 2.93. The highest BCUT2D eigenvalue weighted by molar-refractivity contribution is 7.99. The molecule has 1 aromatic heterocycles. The van der Waals surface area contributed by atoms with Crippen LogP contribution in [0.2, 0.25) is 0 Å². The molecular weight excluding hydrogens is 288 g/mol. The van der Waals surface area contributed by atoms with Crippen LogP contribution in [0.1, 0.15) is 46.5 Å². The number of ether oxygens (including phenoxy) is 1. The van der Waals surface area contributed by atoms with Gasteiger partial charge in [-0.05, 0) is 46.5 Å². The Morgan fingerprint density at radius 1 is 1.67 bits per heavy atom. The number of carbonyl (C=O) groups excluding carboxylic acids is 1. The lowest BCUT2D eigenvalue weighted by Gasteiger charge is -2.40. The summed E-state index contributed by atoms with van der Waals surface area (Å²) in [5.41, 5.74) is -0.569. The summed E-state index contributed by atoms with van der Waals surface area (Å²) < 4.78 is 5.32. The van der Waals surface area contributed by atoms with Crippen molar-refractivity contribution in [1.29, 1.82) is 0 Å². The highest BCUT2D eigenvalue weighted by Crippen LogP contribution is 2.38. The van der Waals surface area contributed by atoms with Gasteiger partial charge in [0.25, 0.3) is 0 Å². The van der Waals surface area contributed by atoms with E-state index in [1.807, 2.05) is 6.92 Å². The summed E-state index contributed by atoms with van der Waals surface area (Å²) in [6.07, 6.45) is 5.18. The van der Waals surface area contributed by atoms with Crippen molar-refractivity contribution in [2.75, 3.05) is 6.61 Å². The maximum atomic E-state index is 12.5. The molecule has 0 bridgehead atoms. The molecule has 1 aliphatic rings. The van der Waals surface area contributed by atoms with E-state index in [0.29, 0.717) is 11.9 Å². The van der Waals surface area contributed by atoms with Crippen LogP contribution in [0.5, 0.6) is 0 Å². The number of H-pyrrole nitrogens is 1. The molecule has 0 amide bonds. The molecule has 0 saturated heterocycles. The van der Waals surface area contributed by atoms with Crippen LogP contribution < -0.4 is 5.32 Å². The van der Waals surface area contributed by atoms with Gasteiger partial charge in [-0.15, -0.1) is 0 Å². The van der Waals surface area contributed by atoms with E-state index in [-0.39, 0.29) is 12.0 Å². The van der Waals surface area contributed by atoms with E-state index in [0.717, 1.165) is 30.8 Å².